The lowest BCUT2D eigenvalue weighted by Crippen LogP contribution is -2.20. The first kappa shape index (κ1) is 9.54. The molecule has 0 aliphatic rings. The van der Waals surface area contributed by atoms with Gasteiger partial charge in [0.25, 0.3) is 0 Å². The molecule has 0 aliphatic heterocycles. The van der Waals surface area contributed by atoms with Gasteiger partial charge in [0.15, 0.2) is 6.10 Å². The standard InChI is InChI=1S/C6H4F3N3O/c1-2-5(13)4-3-10-12(11-4)6(7,8)9/h1,3,5,13H. The number of alkyl halides is 3. The average Bonchev–Trinajstić information content (AvgIpc) is 2.50. The molecule has 0 fully saturated rings. The van der Waals surface area contributed by atoms with Crippen molar-refractivity contribution in [2.24, 2.45) is 0 Å². The van der Waals surface area contributed by atoms with Gasteiger partial charge in [-0.1, -0.05) is 10.7 Å². The highest BCUT2D eigenvalue weighted by Gasteiger charge is 2.33. The van der Waals surface area contributed by atoms with E-state index >= 15 is 0 Å². The summed E-state index contributed by atoms with van der Waals surface area (Å²) in [5, 5.41) is 14.7. The highest BCUT2D eigenvalue weighted by Crippen LogP contribution is 2.20. The van der Waals surface area contributed by atoms with Crippen LogP contribution in [-0.2, 0) is 6.30 Å². The van der Waals surface area contributed by atoms with E-state index in [1.165, 1.54) is 0 Å². The highest BCUT2D eigenvalue weighted by molar-refractivity contribution is 5.09. The van der Waals surface area contributed by atoms with Crippen LogP contribution in [0.25, 0.3) is 0 Å². The number of halogens is 3. The Morgan fingerprint density at radius 1 is 1.62 bits per heavy atom. The number of hydrogen-bond acceptors (Lipinski definition) is 3. The van der Waals surface area contributed by atoms with Crippen molar-refractivity contribution in [2.75, 3.05) is 0 Å². The number of aliphatic hydroxyl groups is 1. The third-order valence-electron chi connectivity index (χ3n) is 1.17. The second-order valence-corrected chi connectivity index (χ2v) is 2.10. The van der Waals surface area contributed by atoms with Crippen LogP contribution < -0.4 is 0 Å². The monoisotopic (exact) mass is 191 g/mol. The van der Waals surface area contributed by atoms with Gasteiger partial charge in [-0.2, -0.15) is 5.10 Å². The molecule has 1 aromatic rings. The van der Waals surface area contributed by atoms with Gasteiger partial charge in [-0.15, -0.1) is 24.7 Å². The molecule has 1 aromatic heterocycles. The number of aromatic nitrogens is 3. The van der Waals surface area contributed by atoms with E-state index in [0.29, 0.717) is 0 Å². The third kappa shape index (κ3) is 1.97. The number of aliphatic hydroxyl groups excluding tert-OH is 1. The summed E-state index contributed by atoms with van der Waals surface area (Å²) in [4.78, 5) is -0.469. The van der Waals surface area contributed by atoms with Crippen molar-refractivity contribution in [2.45, 2.75) is 12.4 Å². The Labute approximate surface area is 71.0 Å². The molecule has 0 radical (unpaired) electrons. The third-order valence-corrected chi connectivity index (χ3v) is 1.17. The van der Waals surface area contributed by atoms with Gasteiger partial charge in [-0.25, -0.2) is 0 Å². The molecule has 0 saturated heterocycles. The van der Waals surface area contributed by atoms with Crippen molar-refractivity contribution in [1.82, 2.24) is 15.0 Å². The van der Waals surface area contributed by atoms with E-state index in [2.05, 4.69) is 10.2 Å². The van der Waals surface area contributed by atoms with E-state index in [4.69, 9.17) is 11.5 Å². The van der Waals surface area contributed by atoms with Gasteiger partial charge >= 0.3 is 6.30 Å². The lowest BCUT2D eigenvalue weighted by atomic mass is 10.3. The summed E-state index contributed by atoms with van der Waals surface area (Å²) < 4.78 is 35.6. The number of hydrogen-bond donors (Lipinski definition) is 1. The minimum absolute atomic E-state index is 0.306. The van der Waals surface area contributed by atoms with Crippen LogP contribution in [0.15, 0.2) is 6.20 Å². The summed E-state index contributed by atoms with van der Waals surface area (Å²) in [7, 11) is 0. The predicted octanol–water partition coefficient (Wildman–Crippen LogP) is 0.421. The largest absolute Gasteiger partial charge is 0.521 e. The van der Waals surface area contributed by atoms with Crippen LogP contribution in [0.1, 0.15) is 11.8 Å². The van der Waals surface area contributed by atoms with Crippen molar-refractivity contribution < 1.29 is 18.3 Å². The molecule has 1 heterocycles. The first-order valence-electron chi connectivity index (χ1n) is 3.09. The van der Waals surface area contributed by atoms with Gasteiger partial charge in [0.2, 0.25) is 0 Å². The number of nitrogens with zero attached hydrogens (tertiary/aromatic N) is 3. The molecule has 1 rings (SSSR count). The van der Waals surface area contributed by atoms with Gasteiger partial charge in [-0.3, -0.25) is 0 Å². The highest BCUT2D eigenvalue weighted by atomic mass is 19.4. The van der Waals surface area contributed by atoms with Crippen LogP contribution in [0.3, 0.4) is 0 Å². The normalized spacial score (nSPS) is 13.8. The summed E-state index contributed by atoms with van der Waals surface area (Å²) in [5.41, 5.74) is -0.306. The Hall–Kier alpha value is -1.55. The fourth-order valence-electron chi connectivity index (χ4n) is 0.608. The van der Waals surface area contributed by atoms with Gasteiger partial charge in [-0.05, 0) is 0 Å². The maximum atomic E-state index is 11.9. The second-order valence-electron chi connectivity index (χ2n) is 2.10. The molecular formula is C6H4F3N3O. The second kappa shape index (κ2) is 3.06. The maximum Gasteiger partial charge on any atom is 0.521 e. The molecular weight excluding hydrogens is 187 g/mol. The molecule has 4 nitrogen and oxygen atoms in total. The molecule has 1 unspecified atom stereocenters. The van der Waals surface area contributed by atoms with Gasteiger partial charge in [0, 0.05) is 0 Å². The Balaban J connectivity index is 2.95. The quantitative estimate of drug-likeness (QED) is 0.654. The SMILES string of the molecule is C#CC(O)c1cnn(C(F)(F)F)n1. The van der Waals surface area contributed by atoms with E-state index in [0.717, 1.165) is 6.20 Å². The summed E-state index contributed by atoms with van der Waals surface area (Å²) in [5.74, 6) is 1.82. The van der Waals surface area contributed by atoms with Crippen LogP contribution in [0.4, 0.5) is 13.2 Å². The van der Waals surface area contributed by atoms with E-state index in [1.807, 2.05) is 5.92 Å². The summed E-state index contributed by atoms with van der Waals surface area (Å²) in [6, 6.07) is 0. The Morgan fingerprint density at radius 3 is 2.62 bits per heavy atom. The first-order valence-corrected chi connectivity index (χ1v) is 3.09. The molecule has 0 aliphatic carbocycles. The lowest BCUT2D eigenvalue weighted by Gasteiger charge is -2.02. The van der Waals surface area contributed by atoms with Gasteiger partial charge in [0.1, 0.15) is 5.69 Å². The summed E-state index contributed by atoms with van der Waals surface area (Å²) in [6.45, 7) is 0. The van der Waals surface area contributed by atoms with E-state index in [-0.39, 0.29) is 5.69 Å². The molecule has 0 spiro atoms. The minimum Gasteiger partial charge on any atom is -0.374 e. The van der Waals surface area contributed by atoms with Gasteiger partial charge < -0.3 is 5.11 Å². The molecule has 0 saturated carbocycles. The van der Waals surface area contributed by atoms with Crippen molar-refractivity contribution >= 4 is 0 Å². The number of terminal acetylenes is 1. The topological polar surface area (TPSA) is 50.9 Å². The molecule has 0 aromatic carbocycles. The molecule has 0 bridgehead atoms. The van der Waals surface area contributed by atoms with Crippen molar-refractivity contribution in [3.63, 3.8) is 0 Å². The Kier molecular flexibility index (Phi) is 2.25. The van der Waals surface area contributed by atoms with Crippen LogP contribution >= 0.6 is 0 Å². The molecule has 70 valence electrons. The minimum atomic E-state index is -4.69. The van der Waals surface area contributed by atoms with Crippen LogP contribution in [-0.4, -0.2) is 20.1 Å². The molecule has 7 heteroatoms. The van der Waals surface area contributed by atoms with Crippen LogP contribution in [0, 0.1) is 12.3 Å². The predicted molar refractivity (Wildman–Crippen MR) is 35.1 cm³/mol. The van der Waals surface area contributed by atoms with Crippen molar-refractivity contribution in [1.29, 1.82) is 0 Å². The zero-order chi connectivity index (χ0) is 10.1. The molecule has 1 atom stereocenters. The van der Waals surface area contributed by atoms with Crippen LogP contribution in [0.2, 0.25) is 0 Å². The average molecular weight is 191 g/mol. The van der Waals surface area contributed by atoms with Crippen molar-refractivity contribution in [3.05, 3.63) is 11.9 Å². The van der Waals surface area contributed by atoms with Crippen LogP contribution in [0.5, 0.6) is 0 Å². The molecule has 0 amide bonds. The Bertz CT molecular complexity index is 338. The van der Waals surface area contributed by atoms with E-state index in [9.17, 15) is 13.2 Å². The lowest BCUT2D eigenvalue weighted by molar-refractivity contribution is -0.221. The van der Waals surface area contributed by atoms with E-state index < -0.39 is 17.2 Å². The number of rotatable bonds is 1. The fourth-order valence-corrected chi connectivity index (χ4v) is 0.608. The molecule has 13 heavy (non-hydrogen) atoms. The van der Waals surface area contributed by atoms with Crippen molar-refractivity contribution in [3.8, 4) is 12.3 Å². The first-order chi connectivity index (χ1) is 5.95. The fraction of sp³-hybridized carbons (Fsp3) is 0.333. The molecule has 1 N–H and O–H groups in total. The van der Waals surface area contributed by atoms with E-state index in [1.54, 1.807) is 0 Å². The summed E-state index contributed by atoms with van der Waals surface area (Å²) >= 11 is 0. The van der Waals surface area contributed by atoms with Gasteiger partial charge in [0.05, 0.1) is 6.20 Å². The summed E-state index contributed by atoms with van der Waals surface area (Å²) in [6.07, 6.45) is -0.624. The maximum absolute atomic E-state index is 11.9. The Morgan fingerprint density at radius 2 is 2.23 bits per heavy atom. The zero-order valence-corrected chi connectivity index (χ0v) is 6.15. The zero-order valence-electron chi connectivity index (χ0n) is 6.15. The smallest absolute Gasteiger partial charge is 0.374 e.